The maximum atomic E-state index is 5.97. The van der Waals surface area contributed by atoms with E-state index in [9.17, 15) is 0 Å². The van der Waals surface area contributed by atoms with E-state index in [1.165, 1.54) is 11.1 Å². The number of fused-ring (bicyclic) bond motifs is 1. The summed E-state index contributed by atoms with van der Waals surface area (Å²) in [5.41, 5.74) is 9.11. The SMILES string of the molecule is Cc1ccc2c(c1)CC(Cn1cc(CCCCN)nn1)O2. The largest absolute Gasteiger partial charge is 0.488 e. The third-order valence-electron chi connectivity index (χ3n) is 3.82. The molecule has 0 aliphatic carbocycles. The van der Waals surface area contributed by atoms with Gasteiger partial charge in [-0.3, -0.25) is 0 Å². The summed E-state index contributed by atoms with van der Waals surface area (Å²) in [7, 11) is 0. The number of aryl methyl sites for hydroxylation is 2. The molecule has 5 heteroatoms. The van der Waals surface area contributed by atoms with Gasteiger partial charge in [-0.2, -0.15) is 0 Å². The molecule has 0 bridgehead atoms. The molecule has 2 N–H and O–H groups in total. The minimum Gasteiger partial charge on any atom is -0.488 e. The van der Waals surface area contributed by atoms with Crippen LogP contribution >= 0.6 is 0 Å². The van der Waals surface area contributed by atoms with Gasteiger partial charge >= 0.3 is 0 Å². The maximum absolute atomic E-state index is 5.97. The van der Waals surface area contributed by atoms with E-state index in [0.717, 1.165) is 50.2 Å². The van der Waals surface area contributed by atoms with E-state index < -0.39 is 0 Å². The van der Waals surface area contributed by atoms with Gasteiger partial charge in [0, 0.05) is 12.6 Å². The fraction of sp³-hybridized carbons (Fsp3) is 0.500. The molecule has 2 aromatic rings. The van der Waals surface area contributed by atoms with Crippen molar-refractivity contribution in [3.8, 4) is 5.75 Å². The standard InChI is InChI=1S/C16H22N4O/c1-12-5-6-16-13(8-12)9-15(21-16)11-20-10-14(18-19-20)4-2-3-7-17/h5-6,8,10,15H,2-4,7,9,11,17H2,1H3. The first-order valence-corrected chi connectivity index (χ1v) is 7.60. The van der Waals surface area contributed by atoms with Gasteiger partial charge in [-0.25, -0.2) is 4.68 Å². The minimum atomic E-state index is 0.153. The lowest BCUT2D eigenvalue weighted by Crippen LogP contribution is -2.21. The molecular formula is C16H22N4O. The predicted molar refractivity (Wildman–Crippen MR) is 81.3 cm³/mol. The van der Waals surface area contributed by atoms with Crippen LogP contribution in [-0.2, 0) is 19.4 Å². The lowest BCUT2D eigenvalue weighted by atomic mass is 10.1. The van der Waals surface area contributed by atoms with Crippen molar-refractivity contribution in [1.82, 2.24) is 15.0 Å². The molecule has 1 aliphatic rings. The van der Waals surface area contributed by atoms with Crippen molar-refractivity contribution < 1.29 is 4.74 Å². The fourth-order valence-electron chi connectivity index (χ4n) is 2.75. The highest BCUT2D eigenvalue weighted by Gasteiger charge is 2.23. The van der Waals surface area contributed by atoms with Crippen LogP contribution in [0.4, 0.5) is 0 Å². The van der Waals surface area contributed by atoms with Crippen LogP contribution in [-0.4, -0.2) is 27.6 Å². The van der Waals surface area contributed by atoms with Gasteiger partial charge in [0.1, 0.15) is 11.9 Å². The van der Waals surface area contributed by atoms with Gasteiger partial charge in [-0.05, 0) is 44.4 Å². The van der Waals surface area contributed by atoms with Crippen LogP contribution in [0.3, 0.4) is 0 Å². The molecule has 0 saturated carbocycles. The Bertz CT molecular complexity index is 608. The van der Waals surface area contributed by atoms with E-state index in [2.05, 4.69) is 35.4 Å². The average Bonchev–Trinajstić information content (AvgIpc) is 3.05. The molecule has 3 rings (SSSR count). The Morgan fingerprint density at radius 3 is 3.14 bits per heavy atom. The van der Waals surface area contributed by atoms with E-state index in [4.69, 9.17) is 10.5 Å². The summed E-state index contributed by atoms with van der Waals surface area (Å²) < 4.78 is 7.86. The second-order valence-corrected chi connectivity index (χ2v) is 5.73. The molecule has 0 amide bonds. The molecule has 21 heavy (non-hydrogen) atoms. The van der Waals surface area contributed by atoms with Gasteiger partial charge in [0.25, 0.3) is 0 Å². The third-order valence-corrected chi connectivity index (χ3v) is 3.82. The number of benzene rings is 1. The molecule has 112 valence electrons. The van der Waals surface area contributed by atoms with Crippen LogP contribution < -0.4 is 10.5 Å². The Labute approximate surface area is 125 Å². The van der Waals surface area contributed by atoms with E-state index in [0.29, 0.717) is 0 Å². The van der Waals surface area contributed by atoms with Crippen LogP contribution in [0.5, 0.6) is 5.75 Å². The lowest BCUT2D eigenvalue weighted by Gasteiger charge is -2.09. The lowest BCUT2D eigenvalue weighted by molar-refractivity contribution is 0.202. The number of nitrogens with two attached hydrogens (primary N) is 1. The van der Waals surface area contributed by atoms with E-state index >= 15 is 0 Å². The summed E-state index contributed by atoms with van der Waals surface area (Å²) in [5.74, 6) is 1.01. The van der Waals surface area contributed by atoms with Crippen molar-refractivity contribution in [2.75, 3.05) is 6.54 Å². The van der Waals surface area contributed by atoms with Crippen molar-refractivity contribution in [3.05, 3.63) is 41.2 Å². The summed E-state index contributed by atoms with van der Waals surface area (Å²) >= 11 is 0. The number of ether oxygens (including phenoxy) is 1. The van der Waals surface area contributed by atoms with Crippen molar-refractivity contribution in [2.45, 2.75) is 45.3 Å². The zero-order chi connectivity index (χ0) is 14.7. The summed E-state index contributed by atoms with van der Waals surface area (Å²) in [6.45, 7) is 3.60. The van der Waals surface area contributed by atoms with Gasteiger partial charge < -0.3 is 10.5 Å². The second kappa shape index (κ2) is 6.26. The van der Waals surface area contributed by atoms with Crippen LogP contribution in [0.15, 0.2) is 24.4 Å². The molecule has 1 aromatic heterocycles. The van der Waals surface area contributed by atoms with Crippen molar-refractivity contribution >= 4 is 0 Å². The topological polar surface area (TPSA) is 66.0 Å². The normalized spacial score (nSPS) is 16.8. The number of unbranched alkanes of at least 4 members (excludes halogenated alkanes) is 1. The van der Waals surface area contributed by atoms with Gasteiger partial charge in [-0.1, -0.05) is 22.9 Å². The predicted octanol–water partition coefficient (Wildman–Crippen LogP) is 1.87. The summed E-state index contributed by atoms with van der Waals surface area (Å²) in [6, 6.07) is 6.35. The third kappa shape index (κ3) is 3.42. The number of hydrogen-bond donors (Lipinski definition) is 1. The Kier molecular flexibility index (Phi) is 4.20. The van der Waals surface area contributed by atoms with E-state index in [1.807, 2.05) is 10.9 Å². The molecule has 2 heterocycles. The molecular weight excluding hydrogens is 264 g/mol. The highest BCUT2D eigenvalue weighted by Crippen LogP contribution is 2.29. The molecule has 1 unspecified atom stereocenters. The molecule has 1 aliphatic heterocycles. The quantitative estimate of drug-likeness (QED) is 0.823. The zero-order valence-corrected chi connectivity index (χ0v) is 12.5. The first kappa shape index (κ1) is 14.1. The van der Waals surface area contributed by atoms with Crippen LogP contribution in [0.1, 0.15) is 29.7 Å². The van der Waals surface area contributed by atoms with Crippen LogP contribution in [0.25, 0.3) is 0 Å². The Morgan fingerprint density at radius 2 is 2.29 bits per heavy atom. The first-order chi connectivity index (χ1) is 10.2. The minimum absolute atomic E-state index is 0.153. The summed E-state index contributed by atoms with van der Waals surface area (Å²) in [5, 5.41) is 8.40. The van der Waals surface area contributed by atoms with Gasteiger partial charge in [0.15, 0.2) is 0 Å². The van der Waals surface area contributed by atoms with Gasteiger partial charge in [-0.15, -0.1) is 5.10 Å². The zero-order valence-electron chi connectivity index (χ0n) is 12.5. The van der Waals surface area contributed by atoms with Gasteiger partial charge in [0.05, 0.1) is 12.2 Å². The Morgan fingerprint density at radius 1 is 1.38 bits per heavy atom. The van der Waals surface area contributed by atoms with Gasteiger partial charge in [0.2, 0.25) is 0 Å². The molecule has 5 nitrogen and oxygen atoms in total. The highest BCUT2D eigenvalue weighted by atomic mass is 16.5. The summed E-state index contributed by atoms with van der Waals surface area (Å²) in [4.78, 5) is 0. The smallest absolute Gasteiger partial charge is 0.123 e. The van der Waals surface area contributed by atoms with E-state index in [-0.39, 0.29) is 6.10 Å². The average molecular weight is 286 g/mol. The summed E-state index contributed by atoms with van der Waals surface area (Å²) in [6.07, 6.45) is 6.17. The molecule has 0 fully saturated rings. The molecule has 0 spiro atoms. The molecule has 1 aromatic carbocycles. The van der Waals surface area contributed by atoms with Crippen molar-refractivity contribution in [3.63, 3.8) is 0 Å². The maximum Gasteiger partial charge on any atom is 0.123 e. The van der Waals surface area contributed by atoms with Crippen LogP contribution in [0.2, 0.25) is 0 Å². The van der Waals surface area contributed by atoms with E-state index in [1.54, 1.807) is 0 Å². The molecule has 0 saturated heterocycles. The molecule has 1 atom stereocenters. The van der Waals surface area contributed by atoms with Crippen molar-refractivity contribution in [1.29, 1.82) is 0 Å². The number of hydrogen-bond acceptors (Lipinski definition) is 4. The molecule has 0 radical (unpaired) electrons. The number of rotatable bonds is 6. The second-order valence-electron chi connectivity index (χ2n) is 5.73. The number of nitrogens with zero attached hydrogens (tertiary/aromatic N) is 3. The van der Waals surface area contributed by atoms with Crippen LogP contribution in [0, 0.1) is 6.92 Å². The Balaban J connectivity index is 1.56. The highest BCUT2D eigenvalue weighted by molar-refractivity contribution is 5.40. The van der Waals surface area contributed by atoms with Crippen molar-refractivity contribution in [2.24, 2.45) is 5.73 Å². The Hall–Kier alpha value is -1.88. The first-order valence-electron chi connectivity index (χ1n) is 7.60. The fourth-order valence-corrected chi connectivity index (χ4v) is 2.75. The monoisotopic (exact) mass is 286 g/mol. The number of aromatic nitrogens is 3.